The maximum Gasteiger partial charge on any atom is 0.387 e. The van der Waals surface area contributed by atoms with Crippen molar-refractivity contribution in [1.82, 2.24) is 0 Å². The summed E-state index contributed by atoms with van der Waals surface area (Å²) in [6.07, 6.45) is 0. The third-order valence-corrected chi connectivity index (χ3v) is 3.08. The number of aliphatic hydroxyl groups is 1. The van der Waals surface area contributed by atoms with Gasteiger partial charge in [-0.05, 0) is 23.3 Å². The molecule has 4 nitrogen and oxygen atoms in total. The van der Waals surface area contributed by atoms with Gasteiger partial charge in [-0.3, -0.25) is 0 Å². The number of aliphatic hydroxyl groups excluding tert-OH is 1. The zero-order valence-corrected chi connectivity index (χ0v) is 12.4. The Morgan fingerprint density at radius 2 is 1.50 bits per heavy atom. The van der Waals surface area contributed by atoms with Crippen LogP contribution in [0.4, 0.5) is 23.2 Å². The molecule has 0 aromatic heterocycles. The van der Waals surface area contributed by atoms with E-state index in [4.69, 9.17) is 5.11 Å². The molecule has 0 fully saturated rings. The lowest BCUT2D eigenvalue weighted by Gasteiger charge is -2.14. The minimum Gasteiger partial charge on any atom is -0.435 e. The number of nitrogens with one attached hydrogen (secondary N) is 1. The molecule has 0 aliphatic heterocycles. The van der Waals surface area contributed by atoms with Gasteiger partial charge in [-0.2, -0.15) is 17.6 Å². The molecule has 8 heteroatoms. The maximum absolute atomic E-state index is 12.5. The number of hydrogen-bond donors (Lipinski definition) is 2. The van der Waals surface area contributed by atoms with E-state index in [9.17, 15) is 17.6 Å². The molecular weight excluding hydrogens is 330 g/mol. The number of hydrogen-bond acceptors (Lipinski definition) is 4. The topological polar surface area (TPSA) is 50.7 Å². The normalized spacial score (nSPS) is 11.0. The number of anilines is 1. The Morgan fingerprint density at radius 1 is 0.875 bits per heavy atom. The first-order valence-electron chi connectivity index (χ1n) is 6.94. The molecule has 2 N–H and O–H groups in total. The van der Waals surface area contributed by atoms with E-state index in [1.54, 1.807) is 24.3 Å². The summed E-state index contributed by atoms with van der Waals surface area (Å²) in [4.78, 5) is 0. The quantitative estimate of drug-likeness (QED) is 0.710. The Labute approximate surface area is 135 Å². The Hall–Kier alpha value is -2.48. The maximum atomic E-state index is 12.5. The molecule has 0 aliphatic carbocycles. The van der Waals surface area contributed by atoms with Crippen molar-refractivity contribution in [1.29, 1.82) is 0 Å². The van der Waals surface area contributed by atoms with Crippen LogP contribution in [-0.4, -0.2) is 18.3 Å². The monoisotopic (exact) mass is 345 g/mol. The molecule has 0 amide bonds. The van der Waals surface area contributed by atoms with Crippen molar-refractivity contribution in [3.63, 3.8) is 0 Å². The van der Waals surface area contributed by atoms with Gasteiger partial charge >= 0.3 is 13.2 Å². The summed E-state index contributed by atoms with van der Waals surface area (Å²) in [5.41, 5.74) is 1.79. The first kappa shape index (κ1) is 17.9. The fourth-order valence-corrected chi connectivity index (χ4v) is 1.98. The fourth-order valence-electron chi connectivity index (χ4n) is 1.98. The van der Waals surface area contributed by atoms with E-state index in [1.165, 1.54) is 12.1 Å². The van der Waals surface area contributed by atoms with Gasteiger partial charge in [0.05, 0.1) is 12.3 Å². The Kier molecular flexibility index (Phi) is 6.25. The predicted octanol–water partition coefficient (Wildman–Crippen LogP) is 3.99. The number of rotatable bonds is 8. The van der Waals surface area contributed by atoms with E-state index >= 15 is 0 Å². The largest absolute Gasteiger partial charge is 0.435 e. The van der Waals surface area contributed by atoms with Crippen molar-refractivity contribution in [2.45, 2.75) is 26.4 Å². The van der Waals surface area contributed by atoms with E-state index in [0.29, 0.717) is 6.54 Å². The summed E-state index contributed by atoms with van der Waals surface area (Å²) < 4.78 is 57.9. The summed E-state index contributed by atoms with van der Waals surface area (Å²) in [5, 5.41) is 11.9. The van der Waals surface area contributed by atoms with E-state index in [-0.39, 0.29) is 23.8 Å². The highest BCUT2D eigenvalue weighted by molar-refractivity contribution is 5.59. The molecule has 0 bridgehead atoms. The summed E-state index contributed by atoms with van der Waals surface area (Å²) >= 11 is 0. The second-order valence-electron chi connectivity index (χ2n) is 4.74. The van der Waals surface area contributed by atoms with Gasteiger partial charge in [-0.15, -0.1) is 0 Å². The van der Waals surface area contributed by atoms with Crippen molar-refractivity contribution in [2.75, 3.05) is 5.32 Å². The van der Waals surface area contributed by atoms with E-state index in [0.717, 1.165) is 17.2 Å². The van der Waals surface area contributed by atoms with Crippen molar-refractivity contribution in [3.8, 4) is 11.5 Å². The van der Waals surface area contributed by atoms with Crippen molar-refractivity contribution >= 4 is 5.69 Å². The van der Waals surface area contributed by atoms with Crippen LogP contribution in [0.15, 0.2) is 42.5 Å². The van der Waals surface area contributed by atoms with Crippen LogP contribution >= 0.6 is 0 Å². The first-order valence-corrected chi connectivity index (χ1v) is 6.94. The molecule has 2 aromatic rings. The second-order valence-corrected chi connectivity index (χ2v) is 4.74. The molecule has 130 valence electrons. The minimum atomic E-state index is -3.10. The molecule has 0 radical (unpaired) electrons. The van der Waals surface area contributed by atoms with Gasteiger partial charge in [0.15, 0.2) is 5.75 Å². The minimum absolute atomic E-state index is 0.0777. The van der Waals surface area contributed by atoms with Gasteiger partial charge < -0.3 is 19.9 Å². The third-order valence-electron chi connectivity index (χ3n) is 3.08. The summed E-state index contributed by atoms with van der Waals surface area (Å²) in [6.45, 7) is -5.95. The third kappa shape index (κ3) is 5.31. The molecule has 2 rings (SSSR count). The zero-order valence-electron chi connectivity index (χ0n) is 12.4. The van der Waals surface area contributed by atoms with Gasteiger partial charge in [-0.25, -0.2) is 0 Å². The highest BCUT2D eigenvalue weighted by atomic mass is 19.3. The lowest BCUT2D eigenvalue weighted by molar-refractivity contribution is -0.0539. The van der Waals surface area contributed by atoms with Gasteiger partial charge in [-0.1, -0.05) is 24.3 Å². The average molecular weight is 345 g/mol. The number of benzene rings is 2. The Morgan fingerprint density at radius 3 is 2.08 bits per heavy atom. The lowest BCUT2D eigenvalue weighted by atomic mass is 10.1. The molecule has 0 spiro atoms. The Balaban J connectivity index is 2.11. The Bertz CT molecular complexity index is 650. The summed E-state index contributed by atoms with van der Waals surface area (Å²) in [6, 6.07) is 10.5. The SMILES string of the molecule is OCc1ccc(CNc2ccc(OC(F)F)cc2OC(F)F)cc1. The van der Waals surface area contributed by atoms with Gasteiger partial charge in [0.25, 0.3) is 0 Å². The first-order chi connectivity index (χ1) is 11.5. The lowest BCUT2D eigenvalue weighted by Crippen LogP contribution is -2.08. The molecule has 0 heterocycles. The standard InChI is InChI=1S/C16H15F4NO3/c17-15(18)23-12-5-6-13(14(7-12)24-16(19)20)21-8-10-1-3-11(9-22)4-2-10/h1-7,15-16,21-22H,8-9H2. The van der Waals surface area contributed by atoms with E-state index < -0.39 is 13.2 Å². The molecule has 0 unspecified atom stereocenters. The van der Waals surface area contributed by atoms with Crippen LogP contribution in [0.25, 0.3) is 0 Å². The molecular formula is C16H15F4NO3. The molecule has 0 saturated heterocycles. The van der Waals surface area contributed by atoms with E-state index in [2.05, 4.69) is 14.8 Å². The van der Waals surface area contributed by atoms with Crippen LogP contribution < -0.4 is 14.8 Å². The second kappa shape index (κ2) is 8.39. The average Bonchev–Trinajstić information content (AvgIpc) is 2.53. The molecule has 0 aliphatic rings. The van der Waals surface area contributed by atoms with Crippen molar-refractivity contribution < 1.29 is 32.1 Å². The fraction of sp³-hybridized carbons (Fsp3) is 0.250. The van der Waals surface area contributed by atoms with Crippen molar-refractivity contribution in [2.24, 2.45) is 0 Å². The summed E-state index contributed by atoms with van der Waals surface area (Å²) in [7, 11) is 0. The number of alkyl halides is 4. The smallest absolute Gasteiger partial charge is 0.387 e. The summed E-state index contributed by atoms with van der Waals surface area (Å²) in [5.74, 6) is -0.575. The van der Waals surface area contributed by atoms with Crippen LogP contribution in [0.5, 0.6) is 11.5 Å². The molecule has 24 heavy (non-hydrogen) atoms. The van der Waals surface area contributed by atoms with Gasteiger partial charge in [0, 0.05) is 12.6 Å². The van der Waals surface area contributed by atoms with Crippen LogP contribution in [0, 0.1) is 0 Å². The van der Waals surface area contributed by atoms with Crippen molar-refractivity contribution in [3.05, 3.63) is 53.6 Å². The van der Waals surface area contributed by atoms with Crippen LogP contribution in [-0.2, 0) is 13.2 Å². The number of halogens is 4. The molecule has 0 saturated carbocycles. The van der Waals surface area contributed by atoms with Crippen LogP contribution in [0.2, 0.25) is 0 Å². The van der Waals surface area contributed by atoms with Crippen LogP contribution in [0.1, 0.15) is 11.1 Å². The van der Waals surface area contributed by atoms with Gasteiger partial charge in [0.2, 0.25) is 0 Å². The highest BCUT2D eigenvalue weighted by Crippen LogP contribution is 2.31. The predicted molar refractivity (Wildman–Crippen MR) is 79.4 cm³/mol. The van der Waals surface area contributed by atoms with Gasteiger partial charge in [0.1, 0.15) is 5.75 Å². The zero-order chi connectivity index (χ0) is 17.5. The highest BCUT2D eigenvalue weighted by Gasteiger charge is 2.13. The number of ether oxygens (including phenoxy) is 2. The molecule has 2 aromatic carbocycles. The molecule has 0 atom stereocenters. The van der Waals surface area contributed by atoms with Crippen LogP contribution in [0.3, 0.4) is 0 Å². The van der Waals surface area contributed by atoms with E-state index in [1.807, 2.05) is 0 Å².